The number of nitrogens with one attached hydrogen (secondary N) is 1. The van der Waals surface area contributed by atoms with Crippen molar-refractivity contribution < 1.29 is 13.4 Å². The van der Waals surface area contributed by atoms with Crippen LogP contribution in [0.5, 0.6) is 0 Å². The van der Waals surface area contributed by atoms with Crippen LogP contribution in [0.1, 0.15) is 20.3 Å². The van der Waals surface area contributed by atoms with Crippen molar-refractivity contribution in [1.82, 2.24) is 19.3 Å². The first-order chi connectivity index (χ1) is 14.2. The third kappa shape index (κ3) is 5.43. The topological polar surface area (TPSA) is 66.2 Å². The Labute approximate surface area is 174 Å². The highest BCUT2D eigenvalue weighted by atomic mass is 32.2. The van der Waals surface area contributed by atoms with Gasteiger partial charge < -0.3 is 15.3 Å². The number of hydrogen-bond donors (Lipinski definition) is 2. The van der Waals surface area contributed by atoms with E-state index in [0.29, 0.717) is 11.2 Å². The second kappa shape index (κ2) is 11.7. The molecule has 0 unspecified atom stereocenters. The molecule has 0 spiro atoms. The Morgan fingerprint density at radius 2 is 1.79 bits per heavy atom. The molecule has 3 aromatic heterocycles. The molecule has 0 radical (unpaired) electrons. The minimum absolute atomic E-state index is 0.0873. The molecule has 0 aliphatic carbocycles. The summed E-state index contributed by atoms with van der Waals surface area (Å²) >= 11 is 0.0873. The lowest BCUT2D eigenvalue weighted by Crippen LogP contribution is -2.43. The Hall–Kier alpha value is -2.23. The first-order valence-electron chi connectivity index (χ1n) is 9.51. The third-order valence-electron chi connectivity index (χ3n) is 4.20. The van der Waals surface area contributed by atoms with Gasteiger partial charge in [0.25, 0.3) is 0 Å². The van der Waals surface area contributed by atoms with Gasteiger partial charge >= 0.3 is 0 Å². The average Bonchev–Trinajstić information content (AvgIpc) is 3.15. The van der Waals surface area contributed by atoms with Crippen molar-refractivity contribution >= 4 is 29.1 Å². The fourth-order valence-electron chi connectivity index (χ4n) is 3.12. The predicted molar refractivity (Wildman–Crippen MR) is 116 cm³/mol. The number of aromatic nitrogens is 3. The van der Waals surface area contributed by atoms with E-state index in [1.54, 1.807) is 18.5 Å². The predicted octanol–water partition coefficient (Wildman–Crippen LogP) is 4.05. The van der Waals surface area contributed by atoms with Gasteiger partial charge in [-0.2, -0.15) is 4.39 Å². The molecule has 158 valence electrons. The van der Waals surface area contributed by atoms with Crippen molar-refractivity contribution in [3.05, 3.63) is 42.7 Å². The van der Waals surface area contributed by atoms with E-state index >= 15 is 0 Å². The summed E-state index contributed by atoms with van der Waals surface area (Å²) in [7, 11) is 1.00. The molecule has 1 aliphatic heterocycles. The van der Waals surface area contributed by atoms with Crippen molar-refractivity contribution in [3.8, 4) is 11.1 Å². The smallest absolute Gasteiger partial charge is 0.213 e. The van der Waals surface area contributed by atoms with E-state index in [2.05, 4.69) is 34.0 Å². The molecule has 6 nitrogen and oxygen atoms in total. The first-order valence-corrected chi connectivity index (χ1v) is 10.2. The molecule has 3 aromatic rings. The number of aliphatic hydroxyl groups is 1. The van der Waals surface area contributed by atoms with E-state index in [0.717, 1.165) is 49.9 Å². The lowest BCUT2D eigenvalue weighted by atomic mass is 10.1. The fourth-order valence-corrected chi connectivity index (χ4v) is 3.47. The van der Waals surface area contributed by atoms with Crippen molar-refractivity contribution in [2.75, 3.05) is 38.2 Å². The molecule has 0 aromatic carbocycles. The van der Waals surface area contributed by atoms with Crippen molar-refractivity contribution in [1.29, 1.82) is 0 Å². The summed E-state index contributed by atoms with van der Waals surface area (Å²) in [5, 5.41) is 11.1. The Kier molecular flexibility index (Phi) is 9.30. The largest absolute Gasteiger partial charge is 0.400 e. The van der Waals surface area contributed by atoms with Crippen LogP contribution < -0.4 is 10.2 Å². The maximum atomic E-state index is 13.6. The summed E-state index contributed by atoms with van der Waals surface area (Å²) in [4.78, 5) is 10.2. The van der Waals surface area contributed by atoms with E-state index in [4.69, 9.17) is 5.11 Å². The van der Waals surface area contributed by atoms with Crippen LogP contribution >= 0.6 is 12.3 Å². The zero-order valence-electron chi connectivity index (χ0n) is 16.9. The molecule has 29 heavy (non-hydrogen) atoms. The Morgan fingerprint density at radius 3 is 2.41 bits per heavy atom. The normalized spacial score (nSPS) is 13.4. The van der Waals surface area contributed by atoms with Gasteiger partial charge in [0.05, 0.1) is 11.1 Å². The second-order valence-corrected chi connectivity index (χ2v) is 6.81. The second-order valence-electron chi connectivity index (χ2n) is 6.28. The molecule has 4 heterocycles. The first kappa shape index (κ1) is 23.1. The van der Waals surface area contributed by atoms with Gasteiger partial charge in [-0.05, 0) is 17.7 Å². The van der Waals surface area contributed by atoms with E-state index in [-0.39, 0.29) is 12.3 Å². The molecule has 0 saturated carbocycles. The molecule has 1 saturated heterocycles. The number of fused-ring (bicyclic) bond motifs is 1. The Bertz CT molecular complexity index is 900. The van der Waals surface area contributed by atoms with Crippen LogP contribution in [0.25, 0.3) is 22.2 Å². The minimum Gasteiger partial charge on any atom is -0.400 e. The summed E-state index contributed by atoms with van der Waals surface area (Å²) in [6.45, 7) is 7.75. The van der Waals surface area contributed by atoms with Crippen LogP contribution in [0.15, 0.2) is 36.8 Å². The molecule has 2 N–H and O–H groups in total. The summed E-state index contributed by atoms with van der Waals surface area (Å²) in [6, 6.07) is 5.01. The van der Waals surface area contributed by atoms with E-state index < -0.39 is 5.95 Å². The van der Waals surface area contributed by atoms with Crippen LogP contribution in [0, 0.1) is 5.95 Å². The van der Waals surface area contributed by atoms with Gasteiger partial charge in [0.15, 0.2) is 18.0 Å². The monoisotopic (exact) mass is 423 g/mol. The van der Waals surface area contributed by atoms with Gasteiger partial charge in [-0.15, -0.1) is 3.89 Å². The third-order valence-corrected chi connectivity index (χ3v) is 4.63. The number of anilines is 1. The van der Waals surface area contributed by atoms with Crippen molar-refractivity contribution in [2.24, 2.45) is 0 Å². The van der Waals surface area contributed by atoms with Gasteiger partial charge in [-0.25, -0.2) is 13.9 Å². The van der Waals surface area contributed by atoms with Crippen LogP contribution in [0.3, 0.4) is 0 Å². The lowest BCUT2D eigenvalue weighted by molar-refractivity contribution is 0.399. The number of halogens is 2. The Morgan fingerprint density at radius 1 is 1.14 bits per heavy atom. The number of nitrogens with zero attached hydrogens (tertiary/aromatic N) is 4. The Balaban J connectivity index is 0.000000551. The number of piperazine rings is 1. The van der Waals surface area contributed by atoms with Crippen LogP contribution in [0.2, 0.25) is 0 Å². The number of pyridine rings is 2. The average molecular weight is 424 g/mol. The van der Waals surface area contributed by atoms with Crippen LogP contribution in [0.4, 0.5) is 14.0 Å². The van der Waals surface area contributed by atoms with Crippen LogP contribution in [-0.4, -0.2) is 52.3 Å². The van der Waals surface area contributed by atoms with E-state index in [1.807, 2.05) is 6.07 Å². The van der Waals surface area contributed by atoms with Crippen molar-refractivity contribution in [3.63, 3.8) is 0 Å². The summed E-state index contributed by atoms with van der Waals surface area (Å²) < 4.78 is 28.3. The highest BCUT2D eigenvalue weighted by Crippen LogP contribution is 2.38. The molecule has 0 bridgehead atoms. The summed E-state index contributed by atoms with van der Waals surface area (Å²) in [5.74, 6) is -0.561. The maximum Gasteiger partial charge on any atom is 0.213 e. The van der Waals surface area contributed by atoms with Crippen molar-refractivity contribution in [2.45, 2.75) is 20.3 Å². The van der Waals surface area contributed by atoms with Gasteiger partial charge in [-0.3, -0.25) is 0 Å². The van der Waals surface area contributed by atoms with Gasteiger partial charge in [0, 0.05) is 63.5 Å². The molecule has 1 aliphatic rings. The number of aliphatic hydroxyl groups excluding tert-OH is 1. The minimum atomic E-state index is -0.561. The molecule has 0 amide bonds. The SMILES string of the molecule is CCC.CO.FSn1cc(-c2ccnc(F)c2)c2c(N3CCNCC3)ccnc21. The maximum absolute atomic E-state index is 13.6. The summed E-state index contributed by atoms with van der Waals surface area (Å²) in [6.07, 6.45) is 6.00. The fraction of sp³-hybridized carbons (Fsp3) is 0.400. The van der Waals surface area contributed by atoms with E-state index in [1.165, 1.54) is 22.7 Å². The van der Waals surface area contributed by atoms with E-state index in [9.17, 15) is 8.28 Å². The van der Waals surface area contributed by atoms with Gasteiger partial charge in [0.1, 0.15) is 0 Å². The van der Waals surface area contributed by atoms with Crippen LogP contribution in [-0.2, 0) is 0 Å². The van der Waals surface area contributed by atoms with Gasteiger partial charge in [0.2, 0.25) is 5.95 Å². The molecular weight excluding hydrogens is 396 g/mol. The molecule has 4 rings (SSSR count). The molecule has 0 atom stereocenters. The number of rotatable bonds is 3. The standard InChI is InChI=1S/C16H15F2N5S.C3H8.CH4O/c17-14-9-11(1-3-20-14)12-10-23(24-18)16-15(12)13(2-4-21-16)22-7-5-19-6-8-22;1-3-2;1-2/h1-4,9-10,19H,5-8H2;3H2,1-2H3;2H,1H3. The van der Waals surface area contributed by atoms with Gasteiger partial charge in [-0.1, -0.05) is 20.3 Å². The zero-order valence-corrected chi connectivity index (χ0v) is 17.7. The molecule has 9 heteroatoms. The summed E-state index contributed by atoms with van der Waals surface area (Å²) in [5.41, 5.74) is 2.93. The number of hydrogen-bond acceptors (Lipinski definition) is 6. The highest BCUT2D eigenvalue weighted by molar-refractivity contribution is 7.92. The highest BCUT2D eigenvalue weighted by Gasteiger charge is 2.20. The quantitative estimate of drug-likeness (QED) is 0.620. The molecule has 1 fully saturated rings. The lowest BCUT2D eigenvalue weighted by Gasteiger charge is -2.30. The zero-order chi connectivity index (χ0) is 21.2. The molecular formula is C20H27F2N5OS.